The molecule has 3 heteroatoms. The van der Waals surface area contributed by atoms with E-state index in [1.54, 1.807) is 0 Å². The Kier molecular flexibility index (Phi) is 2.39. The zero-order valence-corrected chi connectivity index (χ0v) is 9.92. The molecule has 1 aromatic carbocycles. The molecule has 1 aliphatic carbocycles. The third kappa shape index (κ3) is 1.93. The smallest absolute Gasteiger partial charge is 0.227 e. The summed E-state index contributed by atoms with van der Waals surface area (Å²) in [5, 5.41) is 4.14. The van der Waals surface area contributed by atoms with Gasteiger partial charge in [-0.2, -0.15) is 0 Å². The Labute approximate surface area is 100 Å². The molecule has 1 saturated carbocycles. The van der Waals surface area contributed by atoms with Crippen molar-refractivity contribution in [1.29, 1.82) is 0 Å². The summed E-state index contributed by atoms with van der Waals surface area (Å²) in [6.07, 6.45) is 3.27. The predicted molar refractivity (Wildman–Crippen MR) is 69.0 cm³/mol. The fraction of sp³-hybridized carbons (Fsp3) is 0.357. The lowest BCUT2D eigenvalue weighted by Gasteiger charge is -2.24. The van der Waals surface area contributed by atoms with Crippen molar-refractivity contribution in [3.8, 4) is 0 Å². The highest BCUT2D eigenvalue weighted by atomic mass is 16.1. The van der Waals surface area contributed by atoms with Crippen LogP contribution in [0.5, 0.6) is 0 Å². The molecule has 0 aliphatic heterocycles. The lowest BCUT2D eigenvalue weighted by molar-refractivity contribution is -0.122. The second kappa shape index (κ2) is 3.91. The van der Waals surface area contributed by atoms with E-state index >= 15 is 0 Å². The van der Waals surface area contributed by atoms with E-state index in [0.717, 1.165) is 35.1 Å². The molecule has 3 nitrogen and oxygen atoms in total. The molecular formula is C14H16N2O. The Morgan fingerprint density at radius 1 is 1.35 bits per heavy atom. The van der Waals surface area contributed by atoms with Crippen molar-refractivity contribution in [3.05, 3.63) is 30.0 Å². The number of rotatable bonds is 2. The first-order valence-electron chi connectivity index (χ1n) is 6.12. The van der Waals surface area contributed by atoms with Crippen LogP contribution in [0.25, 0.3) is 10.9 Å². The molecule has 0 saturated heterocycles. The third-order valence-corrected chi connectivity index (χ3v) is 3.50. The van der Waals surface area contributed by atoms with E-state index in [4.69, 9.17) is 0 Å². The van der Waals surface area contributed by atoms with Crippen LogP contribution in [-0.4, -0.2) is 10.9 Å². The maximum absolute atomic E-state index is 11.8. The molecule has 2 N–H and O–H groups in total. The first kappa shape index (κ1) is 10.4. The molecule has 1 amide bonds. The number of anilines is 1. The Bertz CT molecular complexity index is 567. The van der Waals surface area contributed by atoms with Gasteiger partial charge in [0.05, 0.1) is 0 Å². The van der Waals surface area contributed by atoms with Gasteiger partial charge >= 0.3 is 0 Å². The number of nitrogens with one attached hydrogen (secondary N) is 2. The van der Waals surface area contributed by atoms with Gasteiger partial charge in [0.15, 0.2) is 0 Å². The Hall–Kier alpha value is -1.77. The summed E-state index contributed by atoms with van der Waals surface area (Å²) in [5.74, 6) is 0.404. The minimum absolute atomic E-state index is 0.169. The molecule has 2 aromatic rings. The summed E-state index contributed by atoms with van der Waals surface area (Å²) < 4.78 is 0. The number of aromatic nitrogens is 1. The van der Waals surface area contributed by atoms with Gasteiger partial charge in [-0.1, -0.05) is 6.42 Å². The van der Waals surface area contributed by atoms with Gasteiger partial charge in [0.25, 0.3) is 0 Å². The van der Waals surface area contributed by atoms with E-state index in [2.05, 4.69) is 16.4 Å². The van der Waals surface area contributed by atoms with Crippen LogP contribution in [0.1, 0.15) is 25.0 Å². The second-order valence-corrected chi connectivity index (χ2v) is 4.87. The molecule has 1 fully saturated rings. The monoisotopic (exact) mass is 228 g/mol. The van der Waals surface area contributed by atoms with Gasteiger partial charge in [-0.3, -0.25) is 4.79 Å². The summed E-state index contributed by atoms with van der Waals surface area (Å²) in [6, 6.07) is 8.08. The van der Waals surface area contributed by atoms with Gasteiger partial charge in [0.1, 0.15) is 0 Å². The van der Waals surface area contributed by atoms with Crippen molar-refractivity contribution < 1.29 is 4.79 Å². The Balaban J connectivity index is 1.82. The highest BCUT2D eigenvalue weighted by Gasteiger charge is 2.25. The summed E-state index contributed by atoms with van der Waals surface area (Å²) >= 11 is 0. The molecule has 17 heavy (non-hydrogen) atoms. The van der Waals surface area contributed by atoms with Crippen molar-refractivity contribution in [2.24, 2.45) is 5.92 Å². The number of carbonyl (C=O) groups is 1. The standard InChI is InChI=1S/C14H16N2O/c1-9-7-11-8-12(5-6-13(11)15-9)16-14(17)10-3-2-4-10/h5-8,10,15H,2-4H2,1H3,(H,16,17). The minimum atomic E-state index is 0.169. The average Bonchev–Trinajstić information content (AvgIpc) is 2.54. The summed E-state index contributed by atoms with van der Waals surface area (Å²) in [7, 11) is 0. The molecule has 0 atom stereocenters. The van der Waals surface area contributed by atoms with Crippen molar-refractivity contribution in [1.82, 2.24) is 4.98 Å². The second-order valence-electron chi connectivity index (χ2n) is 4.87. The van der Waals surface area contributed by atoms with E-state index in [1.807, 2.05) is 25.1 Å². The molecule has 0 unspecified atom stereocenters. The normalized spacial score (nSPS) is 15.8. The number of fused-ring (bicyclic) bond motifs is 1. The topological polar surface area (TPSA) is 44.9 Å². The molecular weight excluding hydrogens is 212 g/mol. The van der Waals surface area contributed by atoms with Gasteiger partial charge in [-0.25, -0.2) is 0 Å². The SMILES string of the molecule is Cc1cc2cc(NC(=O)C3CCC3)ccc2[nH]1. The minimum Gasteiger partial charge on any atom is -0.359 e. The van der Waals surface area contributed by atoms with Crippen molar-refractivity contribution in [2.75, 3.05) is 5.32 Å². The summed E-state index contributed by atoms with van der Waals surface area (Å²) in [6.45, 7) is 2.03. The molecule has 1 aliphatic rings. The molecule has 0 bridgehead atoms. The largest absolute Gasteiger partial charge is 0.359 e. The third-order valence-electron chi connectivity index (χ3n) is 3.50. The fourth-order valence-corrected chi connectivity index (χ4v) is 2.27. The maximum Gasteiger partial charge on any atom is 0.227 e. The van der Waals surface area contributed by atoms with E-state index < -0.39 is 0 Å². The lowest BCUT2D eigenvalue weighted by Crippen LogP contribution is -2.27. The van der Waals surface area contributed by atoms with Gasteiger partial charge in [0, 0.05) is 28.2 Å². The van der Waals surface area contributed by atoms with Crippen LogP contribution in [0.15, 0.2) is 24.3 Å². The summed E-state index contributed by atoms with van der Waals surface area (Å²) in [4.78, 5) is 15.1. The van der Waals surface area contributed by atoms with Gasteiger partial charge in [-0.05, 0) is 44.0 Å². The fourth-order valence-electron chi connectivity index (χ4n) is 2.27. The van der Waals surface area contributed by atoms with Gasteiger partial charge in [0.2, 0.25) is 5.91 Å². The van der Waals surface area contributed by atoms with E-state index in [9.17, 15) is 4.79 Å². The highest BCUT2D eigenvalue weighted by molar-refractivity contribution is 5.95. The van der Waals surface area contributed by atoms with Crippen LogP contribution in [-0.2, 0) is 4.79 Å². The van der Waals surface area contributed by atoms with Crippen LogP contribution in [0.4, 0.5) is 5.69 Å². The number of amides is 1. The van der Waals surface area contributed by atoms with Crippen molar-refractivity contribution >= 4 is 22.5 Å². The van der Waals surface area contributed by atoms with Crippen LogP contribution in [0.3, 0.4) is 0 Å². The van der Waals surface area contributed by atoms with E-state index in [-0.39, 0.29) is 11.8 Å². The number of hydrogen-bond acceptors (Lipinski definition) is 1. The first-order valence-corrected chi connectivity index (χ1v) is 6.12. The zero-order chi connectivity index (χ0) is 11.8. The number of aromatic amines is 1. The Morgan fingerprint density at radius 3 is 2.88 bits per heavy atom. The zero-order valence-electron chi connectivity index (χ0n) is 9.92. The lowest BCUT2D eigenvalue weighted by atomic mass is 9.85. The molecule has 1 aromatic heterocycles. The molecule has 1 heterocycles. The quantitative estimate of drug-likeness (QED) is 0.814. The number of hydrogen-bond donors (Lipinski definition) is 2. The number of carbonyl (C=O) groups excluding carboxylic acids is 1. The van der Waals surface area contributed by atoms with Crippen LogP contribution >= 0.6 is 0 Å². The molecule has 3 rings (SSSR count). The highest BCUT2D eigenvalue weighted by Crippen LogP contribution is 2.28. The van der Waals surface area contributed by atoms with Crippen molar-refractivity contribution in [2.45, 2.75) is 26.2 Å². The molecule has 88 valence electrons. The summed E-state index contributed by atoms with van der Waals surface area (Å²) in [5.41, 5.74) is 3.15. The predicted octanol–water partition coefficient (Wildman–Crippen LogP) is 3.21. The van der Waals surface area contributed by atoms with E-state index in [1.165, 1.54) is 6.42 Å². The first-order chi connectivity index (χ1) is 8.22. The van der Waals surface area contributed by atoms with Crippen molar-refractivity contribution in [3.63, 3.8) is 0 Å². The van der Waals surface area contributed by atoms with Crippen LogP contribution < -0.4 is 5.32 Å². The Morgan fingerprint density at radius 2 is 2.18 bits per heavy atom. The molecule has 0 spiro atoms. The van der Waals surface area contributed by atoms with Gasteiger partial charge < -0.3 is 10.3 Å². The number of benzene rings is 1. The average molecular weight is 228 g/mol. The van der Waals surface area contributed by atoms with Crippen LogP contribution in [0.2, 0.25) is 0 Å². The maximum atomic E-state index is 11.8. The van der Waals surface area contributed by atoms with Crippen LogP contribution in [0, 0.1) is 12.8 Å². The number of H-pyrrole nitrogens is 1. The molecule has 0 radical (unpaired) electrons. The van der Waals surface area contributed by atoms with E-state index in [0.29, 0.717) is 0 Å². The number of aryl methyl sites for hydroxylation is 1. The van der Waals surface area contributed by atoms with Gasteiger partial charge in [-0.15, -0.1) is 0 Å².